The summed E-state index contributed by atoms with van der Waals surface area (Å²) in [4.78, 5) is 36.3. The van der Waals surface area contributed by atoms with Crippen molar-refractivity contribution >= 4 is 29.9 Å². The first-order chi connectivity index (χ1) is 16.5. The number of allylic oxidation sites excluding steroid dienone is 2. The van der Waals surface area contributed by atoms with Crippen LogP contribution >= 0.6 is 0 Å². The summed E-state index contributed by atoms with van der Waals surface area (Å²) in [6.07, 6.45) is 4.68. The van der Waals surface area contributed by atoms with E-state index >= 15 is 0 Å². The second kappa shape index (κ2) is 12.4. The van der Waals surface area contributed by atoms with Crippen LogP contribution < -0.4 is 18.9 Å². The minimum absolute atomic E-state index is 0.181. The van der Waals surface area contributed by atoms with Gasteiger partial charge in [0, 0.05) is 0 Å². The van der Waals surface area contributed by atoms with E-state index in [4.69, 9.17) is 23.7 Å². The van der Waals surface area contributed by atoms with Crippen molar-refractivity contribution in [2.45, 2.75) is 32.8 Å². The summed E-state index contributed by atoms with van der Waals surface area (Å²) in [5, 5.41) is 0. The van der Waals surface area contributed by atoms with E-state index in [0.29, 0.717) is 22.8 Å². The number of hydrogen-bond donors (Lipinski definition) is 0. The van der Waals surface area contributed by atoms with Crippen molar-refractivity contribution in [2.75, 3.05) is 21.3 Å². The minimum atomic E-state index is -0.853. The van der Waals surface area contributed by atoms with Gasteiger partial charge in [0.1, 0.15) is 5.60 Å². The van der Waals surface area contributed by atoms with Gasteiger partial charge < -0.3 is 23.7 Å². The average molecular weight is 483 g/mol. The molecule has 0 heterocycles. The van der Waals surface area contributed by atoms with Crippen LogP contribution in [-0.4, -0.2) is 44.7 Å². The van der Waals surface area contributed by atoms with E-state index in [1.165, 1.54) is 39.5 Å². The Morgan fingerprint density at radius 2 is 1.17 bits per heavy atom. The Bertz CT molecular complexity index is 1120. The van der Waals surface area contributed by atoms with Crippen LogP contribution in [0.1, 0.15) is 38.3 Å². The Morgan fingerprint density at radius 1 is 0.714 bits per heavy atom. The maximum absolute atomic E-state index is 12.2. The number of rotatable bonds is 10. The minimum Gasteiger partial charge on any atom is -0.493 e. The van der Waals surface area contributed by atoms with Crippen molar-refractivity contribution in [1.82, 2.24) is 0 Å². The van der Waals surface area contributed by atoms with Crippen LogP contribution in [0.3, 0.4) is 0 Å². The van der Waals surface area contributed by atoms with Crippen molar-refractivity contribution in [1.29, 1.82) is 0 Å². The molecule has 0 spiro atoms. The predicted molar refractivity (Wildman–Crippen MR) is 132 cm³/mol. The Balaban J connectivity index is 1.98. The van der Waals surface area contributed by atoms with E-state index in [1.807, 2.05) is 0 Å². The van der Waals surface area contributed by atoms with Gasteiger partial charge in [-0.1, -0.05) is 24.3 Å². The molecule has 35 heavy (non-hydrogen) atoms. The van der Waals surface area contributed by atoms with Crippen LogP contribution in [0.25, 0.3) is 12.2 Å². The molecule has 0 aliphatic heterocycles. The summed E-state index contributed by atoms with van der Waals surface area (Å²) in [5.74, 6) is 0.893. The highest BCUT2D eigenvalue weighted by Gasteiger charge is 2.19. The summed E-state index contributed by atoms with van der Waals surface area (Å²) in [6.45, 7) is 5.19. The molecule has 0 aliphatic rings. The zero-order valence-corrected chi connectivity index (χ0v) is 20.7. The summed E-state index contributed by atoms with van der Waals surface area (Å²) < 4.78 is 26.0. The molecular weight excluding hydrogens is 452 g/mol. The Kier molecular flexibility index (Phi) is 9.64. The topological polar surface area (TPSA) is 97.4 Å². The highest BCUT2D eigenvalue weighted by Crippen LogP contribution is 2.30. The van der Waals surface area contributed by atoms with Crippen molar-refractivity contribution in [3.8, 4) is 23.0 Å². The van der Waals surface area contributed by atoms with Crippen molar-refractivity contribution in [3.05, 3.63) is 59.7 Å². The first-order valence-corrected chi connectivity index (χ1v) is 10.8. The van der Waals surface area contributed by atoms with Gasteiger partial charge in [-0.05, 0) is 68.3 Å². The maximum Gasteiger partial charge on any atom is 0.514 e. The van der Waals surface area contributed by atoms with Crippen molar-refractivity contribution in [3.63, 3.8) is 0 Å². The smallest absolute Gasteiger partial charge is 0.493 e. The van der Waals surface area contributed by atoms with Crippen molar-refractivity contribution < 1.29 is 38.1 Å². The number of ketones is 2. The summed E-state index contributed by atoms with van der Waals surface area (Å²) >= 11 is 0. The fourth-order valence-electron chi connectivity index (χ4n) is 2.86. The van der Waals surface area contributed by atoms with Gasteiger partial charge in [-0.2, -0.15) is 0 Å². The Morgan fingerprint density at radius 3 is 1.63 bits per heavy atom. The molecule has 0 saturated heterocycles. The molecule has 0 radical (unpaired) electrons. The van der Waals surface area contributed by atoms with E-state index < -0.39 is 11.8 Å². The monoisotopic (exact) mass is 482 g/mol. The lowest BCUT2D eigenvalue weighted by Gasteiger charge is -2.19. The molecule has 0 atom stereocenters. The third-order valence-corrected chi connectivity index (χ3v) is 4.45. The predicted octanol–water partition coefficient (Wildman–Crippen LogP) is 5.28. The lowest BCUT2D eigenvalue weighted by molar-refractivity contribution is -0.121. The summed E-state index contributed by atoms with van der Waals surface area (Å²) in [6, 6.07) is 10.0. The number of benzene rings is 2. The van der Waals surface area contributed by atoms with Gasteiger partial charge in [0.15, 0.2) is 34.6 Å². The number of carbonyl (C=O) groups excluding carboxylic acids is 3. The van der Waals surface area contributed by atoms with Gasteiger partial charge in [0.2, 0.25) is 0 Å². The molecule has 0 aliphatic carbocycles. The molecule has 0 aromatic heterocycles. The van der Waals surface area contributed by atoms with Gasteiger partial charge in [-0.3, -0.25) is 9.59 Å². The highest BCUT2D eigenvalue weighted by molar-refractivity contribution is 6.10. The third kappa shape index (κ3) is 9.00. The van der Waals surface area contributed by atoms with Crippen LogP contribution in [0.5, 0.6) is 23.0 Å². The van der Waals surface area contributed by atoms with Gasteiger partial charge in [-0.15, -0.1) is 0 Å². The first kappa shape index (κ1) is 27.2. The average Bonchev–Trinajstić information content (AvgIpc) is 2.80. The SMILES string of the molecule is COc1ccc(/C=C/C(=O)CC(=O)/C=C/c2ccc(OC(=O)OC(C)(C)C)c(OC)c2)cc1OC. The Hall–Kier alpha value is -4.07. The van der Waals surface area contributed by atoms with Gasteiger partial charge >= 0.3 is 6.16 Å². The quantitative estimate of drug-likeness (QED) is 0.195. The lowest BCUT2D eigenvalue weighted by atomic mass is 10.1. The first-order valence-electron chi connectivity index (χ1n) is 10.8. The number of hydrogen-bond acceptors (Lipinski definition) is 8. The molecule has 0 saturated carbocycles. The van der Waals surface area contributed by atoms with Gasteiger partial charge in [0.25, 0.3) is 0 Å². The van der Waals surface area contributed by atoms with E-state index in [1.54, 1.807) is 63.3 Å². The number of carbonyl (C=O) groups is 3. The molecule has 0 unspecified atom stereocenters. The van der Waals surface area contributed by atoms with Gasteiger partial charge in [0.05, 0.1) is 27.8 Å². The molecule has 186 valence electrons. The second-order valence-corrected chi connectivity index (χ2v) is 8.37. The standard InChI is InChI=1S/C27H30O8/c1-27(2,3)35-26(30)34-23-14-10-19(16-25(23)33-6)8-12-21(29)17-20(28)11-7-18-9-13-22(31-4)24(15-18)32-5/h7-16H,17H2,1-6H3/b11-7+,12-8+. The van der Waals surface area contributed by atoms with Crippen LogP contribution in [0.4, 0.5) is 4.79 Å². The van der Waals surface area contributed by atoms with E-state index in [2.05, 4.69) is 0 Å². The molecule has 2 rings (SSSR count). The van der Waals surface area contributed by atoms with Crippen LogP contribution in [-0.2, 0) is 14.3 Å². The number of ether oxygens (including phenoxy) is 5. The van der Waals surface area contributed by atoms with E-state index in [9.17, 15) is 14.4 Å². The normalized spacial score (nSPS) is 11.4. The summed E-state index contributed by atoms with van der Waals surface area (Å²) in [7, 11) is 4.50. The Labute approximate surface area is 205 Å². The van der Waals surface area contributed by atoms with Crippen LogP contribution in [0.15, 0.2) is 48.6 Å². The fraction of sp³-hybridized carbons (Fsp3) is 0.296. The molecular formula is C27H30O8. The zero-order valence-electron chi connectivity index (χ0n) is 20.7. The van der Waals surface area contributed by atoms with Crippen LogP contribution in [0.2, 0.25) is 0 Å². The largest absolute Gasteiger partial charge is 0.514 e. The molecule has 0 amide bonds. The molecule has 2 aromatic carbocycles. The highest BCUT2D eigenvalue weighted by atomic mass is 16.7. The maximum atomic E-state index is 12.2. The lowest BCUT2D eigenvalue weighted by Crippen LogP contribution is -2.26. The van der Waals surface area contributed by atoms with Crippen molar-refractivity contribution in [2.24, 2.45) is 0 Å². The molecule has 2 aromatic rings. The second-order valence-electron chi connectivity index (χ2n) is 8.37. The van der Waals surface area contributed by atoms with E-state index in [-0.39, 0.29) is 23.7 Å². The van der Waals surface area contributed by atoms with E-state index in [0.717, 1.165) is 5.56 Å². The fourth-order valence-corrected chi connectivity index (χ4v) is 2.86. The van der Waals surface area contributed by atoms with Crippen LogP contribution in [0, 0.1) is 0 Å². The molecule has 0 bridgehead atoms. The molecule has 8 heteroatoms. The molecule has 0 fully saturated rings. The zero-order chi connectivity index (χ0) is 26.0. The summed E-state index contributed by atoms with van der Waals surface area (Å²) in [5.41, 5.74) is 0.668. The third-order valence-electron chi connectivity index (χ3n) is 4.45. The number of methoxy groups -OCH3 is 3. The molecule has 0 N–H and O–H groups in total. The van der Waals surface area contributed by atoms with Gasteiger partial charge in [-0.25, -0.2) is 4.79 Å². The molecule has 8 nitrogen and oxygen atoms in total.